The molecule has 2 aliphatic rings. The SMILES string of the molecule is [C]1=c2ccccc2=CC=C2CC=CC=C12. The summed E-state index contributed by atoms with van der Waals surface area (Å²) in [5.74, 6) is 0. The number of allylic oxidation sites excluding steroid dienone is 6. The second kappa shape index (κ2) is 3.39. The van der Waals surface area contributed by atoms with Crippen LogP contribution in [0.3, 0.4) is 0 Å². The first-order valence-electron chi connectivity index (χ1n) is 5.21. The number of rotatable bonds is 0. The highest BCUT2D eigenvalue weighted by molar-refractivity contribution is 5.66. The van der Waals surface area contributed by atoms with Crippen molar-refractivity contribution in [2.45, 2.75) is 6.42 Å². The molecular weight excluding hydrogens is 180 g/mol. The first kappa shape index (κ1) is 8.49. The van der Waals surface area contributed by atoms with E-state index in [9.17, 15) is 0 Å². The van der Waals surface area contributed by atoms with Gasteiger partial charge in [-0.15, -0.1) is 0 Å². The maximum Gasteiger partial charge on any atom is -0.00176 e. The molecule has 1 aromatic rings. The van der Waals surface area contributed by atoms with E-state index in [0.29, 0.717) is 0 Å². The van der Waals surface area contributed by atoms with Crippen molar-refractivity contribution in [3.05, 3.63) is 70.2 Å². The third-order valence-corrected chi connectivity index (χ3v) is 2.78. The van der Waals surface area contributed by atoms with Gasteiger partial charge >= 0.3 is 0 Å². The lowest BCUT2D eigenvalue weighted by Crippen LogP contribution is -2.22. The normalized spacial score (nSPS) is 17.3. The Bertz CT molecular complexity index is 595. The second-order valence-electron chi connectivity index (χ2n) is 3.78. The van der Waals surface area contributed by atoms with Crippen molar-refractivity contribution in [2.75, 3.05) is 0 Å². The van der Waals surface area contributed by atoms with Crippen LogP contribution in [-0.4, -0.2) is 0 Å². The van der Waals surface area contributed by atoms with Gasteiger partial charge < -0.3 is 0 Å². The lowest BCUT2D eigenvalue weighted by atomic mass is 9.98. The summed E-state index contributed by atoms with van der Waals surface area (Å²) >= 11 is 0. The van der Waals surface area contributed by atoms with Crippen molar-refractivity contribution in [1.29, 1.82) is 0 Å². The van der Waals surface area contributed by atoms with Gasteiger partial charge in [-0.25, -0.2) is 0 Å². The Balaban J connectivity index is 2.32. The average molecular weight is 191 g/mol. The fourth-order valence-electron chi connectivity index (χ4n) is 1.95. The molecule has 0 fully saturated rings. The molecule has 0 unspecified atom stereocenters. The predicted molar refractivity (Wildman–Crippen MR) is 63.5 cm³/mol. The average Bonchev–Trinajstić information content (AvgIpc) is 2.48. The van der Waals surface area contributed by atoms with Crippen molar-refractivity contribution >= 4 is 12.2 Å². The van der Waals surface area contributed by atoms with Crippen molar-refractivity contribution < 1.29 is 0 Å². The van der Waals surface area contributed by atoms with Gasteiger partial charge in [0.2, 0.25) is 0 Å². The Kier molecular flexibility index (Phi) is 1.92. The topological polar surface area (TPSA) is 0 Å². The van der Waals surface area contributed by atoms with E-state index in [0.717, 1.165) is 6.42 Å². The molecule has 0 heteroatoms. The molecule has 0 atom stereocenters. The van der Waals surface area contributed by atoms with E-state index < -0.39 is 0 Å². The molecule has 3 rings (SSSR count). The minimum absolute atomic E-state index is 1.02. The van der Waals surface area contributed by atoms with Crippen LogP contribution >= 0.6 is 0 Å². The maximum absolute atomic E-state index is 3.47. The van der Waals surface area contributed by atoms with E-state index in [1.807, 2.05) is 0 Å². The molecule has 71 valence electrons. The van der Waals surface area contributed by atoms with Gasteiger partial charge in [-0.2, -0.15) is 0 Å². The van der Waals surface area contributed by atoms with Crippen LogP contribution in [0.15, 0.2) is 59.7 Å². The summed E-state index contributed by atoms with van der Waals surface area (Å²) in [5.41, 5.74) is 2.58. The first-order chi connectivity index (χ1) is 7.43. The predicted octanol–water partition coefficient (Wildman–Crippen LogP) is 1.95. The fourth-order valence-corrected chi connectivity index (χ4v) is 1.95. The number of benzene rings is 1. The van der Waals surface area contributed by atoms with Crippen LogP contribution in [0.4, 0.5) is 0 Å². The Labute approximate surface area is 89.3 Å². The van der Waals surface area contributed by atoms with Gasteiger partial charge in [-0.3, -0.25) is 0 Å². The summed E-state index contributed by atoms with van der Waals surface area (Å²) in [5, 5.41) is 2.44. The zero-order valence-electron chi connectivity index (χ0n) is 8.40. The van der Waals surface area contributed by atoms with Crippen molar-refractivity contribution in [3.63, 3.8) is 0 Å². The third-order valence-electron chi connectivity index (χ3n) is 2.78. The van der Waals surface area contributed by atoms with Gasteiger partial charge in [0.25, 0.3) is 0 Å². The van der Waals surface area contributed by atoms with Crippen LogP contribution in [0.5, 0.6) is 0 Å². The Hall–Kier alpha value is -1.82. The van der Waals surface area contributed by atoms with Gasteiger partial charge in [0.1, 0.15) is 0 Å². The molecule has 1 radical (unpaired) electrons. The smallest absolute Gasteiger partial charge is 0.00176 e. The highest BCUT2D eigenvalue weighted by Gasteiger charge is 2.05. The van der Waals surface area contributed by atoms with E-state index in [-0.39, 0.29) is 0 Å². The summed E-state index contributed by atoms with van der Waals surface area (Å²) in [7, 11) is 0. The minimum atomic E-state index is 1.02. The molecule has 0 aromatic heterocycles. The van der Waals surface area contributed by atoms with Gasteiger partial charge in [0.05, 0.1) is 0 Å². The summed E-state index contributed by atoms with van der Waals surface area (Å²) in [6, 6.07) is 8.37. The fraction of sp³-hybridized carbons (Fsp3) is 0.0667. The molecular formula is C15H11. The van der Waals surface area contributed by atoms with E-state index in [1.54, 1.807) is 0 Å². The van der Waals surface area contributed by atoms with Gasteiger partial charge in [0, 0.05) is 0 Å². The highest BCUT2D eigenvalue weighted by atomic mass is 14.1. The van der Waals surface area contributed by atoms with Crippen LogP contribution in [0.1, 0.15) is 6.42 Å². The lowest BCUT2D eigenvalue weighted by molar-refractivity contribution is 1.24. The summed E-state index contributed by atoms with van der Waals surface area (Å²) in [4.78, 5) is 0. The summed E-state index contributed by atoms with van der Waals surface area (Å²) in [6.07, 6.45) is 15.3. The molecule has 0 aliphatic heterocycles. The Morgan fingerprint density at radius 2 is 1.93 bits per heavy atom. The van der Waals surface area contributed by atoms with E-state index in [2.05, 4.69) is 60.7 Å². The Morgan fingerprint density at radius 3 is 2.93 bits per heavy atom. The molecule has 0 saturated heterocycles. The van der Waals surface area contributed by atoms with Gasteiger partial charge in [0.15, 0.2) is 0 Å². The molecule has 0 saturated carbocycles. The van der Waals surface area contributed by atoms with E-state index in [4.69, 9.17) is 0 Å². The van der Waals surface area contributed by atoms with Crippen LogP contribution in [0, 0.1) is 0 Å². The standard InChI is InChI=1S/C15H11/c1-3-7-14-11-15-8-4-2-6-13(15)10-9-12(14)5-1/h1-5,7-10H,6H2. The van der Waals surface area contributed by atoms with Crippen molar-refractivity contribution in [3.8, 4) is 0 Å². The third kappa shape index (κ3) is 1.48. The largest absolute Gasteiger partial charge is 0.0801 e. The minimum Gasteiger partial charge on any atom is -0.0801 e. The molecule has 0 amide bonds. The number of fused-ring (bicyclic) bond motifs is 2. The van der Waals surface area contributed by atoms with Crippen LogP contribution in [-0.2, 0) is 0 Å². The van der Waals surface area contributed by atoms with Gasteiger partial charge in [-0.1, -0.05) is 54.6 Å². The van der Waals surface area contributed by atoms with E-state index in [1.165, 1.54) is 21.6 Å². The molecule has 0 bridgehead atoms. The summed E-state index contributed by atoms with van der Waals surface area (Å²) in [6.45, 7) is 0. The van der Waals surface area contributed by atoms with Crippen molar-refractivity contribution in [2.24, 2.45) is 0 Å². The first-order valence-corrected chi connectivity index (χ1v) is 5.21. The monoisotopic (exact) mass is 191 g/mol. The number of hydrogen-bond acceptors (Lipinski definition) is 0. The Morgan fingerprint density at radius 1 is 1.00 bits per heavy atom. The zero-order valence-corrected chi connectivity index (χ0v) is 8.40. The van der Waals surface area contributed by atoms with Crippen LogP contribution in [0.2, 0.25) is 0 Å². The van der Waals surface area contributed by atoms with Crippen LogP contribution in [0.25, 0.3) is 12.2 Å². The molecule has 0 heterocycles. The molecule has 0 nitrogen and oxygen atoms in total. The molecule has 2 aliphatic carbocycles. The van der Waals surface area contributed by atoms with Crippen molar-refractivity contribution in [1.82, 2.24) is 0 Å². The maximum atomic E-state index is 3.47. The molecule has 15 heavy (non-hydrogen) atoms. The summed E-state index contributed by atoms with van der Waals surface area (Å²) < 4.78 is 0. The number of hydrogen-bond donors (Lipinski definition) is 0. The van der Waals surface area contributed by atoms with E-state index >= 15 is 0 Å². The lowest BCUT2D eigenvalue weighted by Gasteiger charge is -2.07. The van der Waals surface area contributed by atoms with Gasteiger partial charge in [-0.05, 0) is 34.1 Å². The second-order valence-corrected chi connectivity index (χ2v) is 3.78. The molecule has 0 N–H and O–H groups in total. The molecule has 1 aromatic carbocycles. The zero-order chi connectivity index (χ0) is 10.1. The van der Waals surface area contributed by atoms with Crippen LogP contribution < -0.4 is 10.4 Å². The highest BCUT2D eigenvalue weighted by Crippen LogP contribution is 2.21. The quantitative estimate of drug-likeness (QED) is 0.588. The molecule has 0 spiro atoms.